The molecule has 1 unspecified atom stereocenters. The first-order valence-electron chi connectivity index (χ1n) is 4.77. The van der Waals surface area contributed by atoms with Gasteiger partial charge in [0.15, 0.2) is 0 Å². The summed E-state index contributed by atoms with van der Waals surface area (Å²) in [5.74, 6) is 0. The molecule has 0 fully saturated rings. The highest BCUT2D eigenvalue weighted by atomic mass is 31.0. The van der Waals surface area contributed by atoms with E-state index in [1.54, 1.807) is 0 Å². The summed E-state index contributed by atoms with van der Waals surface area (Å²) in [7, 11) is 2.48. The van der Waals surface area contributed by atoms with Crippen LogP contribution >= 0.6 is 9.39 Å². The van der Waals surface area contributed by atoms with E-state index in [0.717, 1.165) is 17.1 Å². The molecule has 0 radical (unpaired) electrons. The first kappa shape index (κ1) is 10.0. The number of nitrogens with one attached hydrogen (secondary N) is 2. The van der Waals surface area contributed by atoms with Gasteiger partial charge >= 0.3 is 0 Å². The first-order valence-corrected chi connectivity index (χ1v) is 5.35. The van der Waals surface area contributed by atoms with Crippen LogP contribution in [0.25, 0.3) is 0 Å². The average Bonchev–Trinajstić information content (AvgIpc) is 2.31. The summed E-state index contributed by atoms with van der Waals surface area (Å²) in [5.41, 5.74) is 3.27. The van der Waals surface area contributed by atoms with E-state index in [-0.39, 0.29) is 0 Å². The van der Waals surface area contributed by atoms with E-state index in [9.17, 15) is 0 Å². The predicted molar refractivity (Wildman–Crippen MR) is 69.5 cm³/mol. The van der Waals surface area contributed by atoms with E-state index >= 15 is 0 Å². The van der Waals surface area contributed by atoms with Crippen molar-refractivity contribution >= 4 is 26.5 Å². The Hall–Kier alpha value is -1.53. The minimum absolute atomic E-state index is 1.08. The maximum Gasteiger partial charge on any atom is 0.0385 e. The Labute approximate surface area is 92.0 Å². The molecule has 76 valence electrons. The molecule has 0 amide bonds. The van der Waals surface area contributed by atoms with Gasteiger partial charge in [-0.05, 0) is 45.8 Å². The molecule has 3 heteroatoms. The zero-order valence-corrected chi connectivity index (χ0v) is 9.43. The largest absolute Gasteiger partial charge is 0.369 e. The normalized spacial score (nSPS) is 9.67. The summed E-state index contributed by atoms with van der Waals surface area (Å²) in [4.78, 5) is 0. The molecule has 1 atom stereocenters. The van der Waals surface area contributed by atoms with Crippen LogP contribution in [-0.2, 0) is 0 Å². The Kier molecular flexibility index (Phi) is 3.21. The number of hydrogen-bond acceptors (Lipinski definition) is 2. The average molecular weight is 216 g/mol. The number of hydrogen-bond donors (Lipinski definition) is 2. The van der Waals surface area contributed by atoms with Crippen LogP contribution in [0, 0.1) is 0 Å². The summed E-state index contributed by atoms with van der Waals surface area (Å²) in [5, 5.41) is 6.33. The zero-order valence-electron chi connectivity index (χ0n) is 8.27. The van der Waals surface area contributed by atoms with Gasteiger partial charge < -0.3 is 10.4 Å². The maximum atomic E-state index is 3.32. The van der Waals surface area contributed by atoms with E-state index in [0.29, 0.717) is 0 Å². The van der Waals surface area contributed by atoms with Gasteiger partial charge in [-0.3, -0.25) is 0 Å². The predicted octanol–water partition coefficient (Wildman–Crippen LogP) is 3.63. The second kappa shape index (κ2) is 4.81. The molecule has 0 saturated carbocycles. The van der Waals surface area contributed by atoms with Gasteiger partial charge in [-0.2, -0.15) is 0 Å². The second-order valence-corrected chi connectivity index (χ2v) is 3.50. The van der Waals surface area contributed by atoms with Gasteiger partial charge in [0, 0.05) is 17.1 Å². The maximum absolute atomic E-state index is 3.32. The van der Waals surface area contributed by atoms with E-state index in [2.05, 4.69) is 19.8 Å². The Morgan fingerprint density at radius 3 is 1.80 bits per heavy atom. The first-order chi connectivity index (χ1) is 7.38. The highest BCUT2D eigenvalue weighted by Gasteiger charge is 1.93. The van der Waals surface area contributed by atoms with Crippen molar-refractivity contribution in [3.63, 3.8) is 0 Å². The molecule has 2 aromatic rings. The number of rotatable bonds is 3. The number of benzene rings is 2. The van der Waals surface area contributed by atoms with Gasteiger partial charge in [0.1, 0.15) is 0 Å². The van der Waals surface area contributed by atoms with Gasteiger partial charge in [0.05, 0.1) is 0 Å². The molecular formula is C12H13N2P. The highest BCUT2D eigenvalue weighted by molar-refractivity contribution is 7.18. The van der Waals surface area contributed by atoms with E-state index in [1.165, 1.54) is 0 Å². The molecule has 0 heterocycles. The molecule has 0 aromatic heterocycles. The van der Waals surface area contributed by atoms with E-state index < -0.39 is 0 Å². The third-order valence-electron chi connectivity index (χ3n) is 2.11. The molecule has 0 aliphatic heterocycles. The SMILES string of the molecule is PNc1ccc(Nc2ccccc2)cc1. The molecule has 0 aliphatic rings. The number of para-hydroxylation sites is 1. The van der Waals surface area contributed by atoms with Crippen LogP contribution in [0.5, 0.6) is 0 Å². The van der Waals surface area contributed by atoms with Crippen molar-refractivity contribution in [2.24, 2.45) is 0 Å². The molecule has 0 saturated heterocycles. The monoisotopic (exact) mass is 216 g/mol. The van der Waals surface area contributed by atoms with Crippen molar-refractivity contribution in [3.05, 3.63) is 54.6 Å². The van der Waals surface area contributed by atoms with Crippen molar-refractivity contribution in [2.45, 2.75) is 0 Å². The Morgan fingerprint density at radius 1 is 0.667 bits per heavy atom. The quantitative estimate of drug-likeness (QED) is 0.765. The zero-order chi connectivity index (χ0) is 10.5. The summed E-state index contributed by atoms with van der Waals surface area (Å²) < 4.78 is 0. The van der Waals surface area contributed by atoms with Crippen LogP contribution in [-0.4, -0.2) is 0 Å². The lowest BCUT2D eigenvalue weighted by atomic mass is 10.2. The summed E-state index contributed by atoms with van der Waals surface area (Å²) in [6.07, 6.45) is 0. The smallest absolute Gasteiger partial charge is 0.0385 e. The van der Waals surface area contributed by atoms with Crippen LogP contribution in [0.4, 0.5) is 17.1 Å². The number of anilines is 3. The fourth-order valence-corrected chi connectivity index (χ4v) is 1.53. The van der Waals surface area contributed by atoms with Crippen molar-refractivity contribution in [2.75, 3.05) is 10.4 Å². The van der Waals surface area contributed by atoms with Gasteiger partial charge in [-0.1, -0.05) is 18.2 Å². The van der Waals surface area contributed by atoms with Gasteiger partial charge in [-0.15, -0.1) is 0 Å². The third-order valence-corrected chi connectivity index (χ3v) is 2.45. The van der Waals surface area contributed by atoms with Crippen LogP contribution in [0.3, 0.4) is 0 Å². The standard InChI is InChI=1S/C12H13N2P/c15-14-12-8-6-11(7-9-12)13-10-4-2-1-3-5-10/h1-9,13-14H,15H2. The molecule has 0 spiro atoms. The second-order valence-electron chi connectivity index (χ2n) is 3.21. The van der Waals surface area contributed by atoms with E-state index in [4.69, 9.17) is 0 Å². The summed E-state index contributed by atoms with van der Waals surface area (Å²) in [6, 6.07) is 18.3. The molecule has 0 aliphatic carbocycles. The fourth-order valence-electron chi connectivity index (χ4n) is 1.34. The molecule has 0 bridgehead atoms. The topological polar surface area (TPSA) is 24.1 Å². The lowest BCUT2D eigenvalue weighted by Crippen LogP contribution is -1.89. The van der Waals surface area contributed by atoms with Gasteiger partial charge in [0.2, 0.25) is 0 Å². The molecular weight excluding hydrogens is 203 g/mol. The van der Waals surface area contributed by atoms with Crippen molar-refractivity contribution in [1.29, 1.82) is 0 Å². The Morgan fingerprint density at radius 2 is 1.20 bits per heavy atom. The summed E-state index contributed by atoms with van der Waals surface area (Å²) in [6.45, 7) is 0. The summed E-state index contributed by atoms with van der Waals surface area (Å²) >= 11 is 0. The Balaban J connectivity index is 2.11. The van der Waals surface area contributed by atoms with Crippen LogP contribution in [0.15, 0.2) is 54.6 Å². The molecule has 15 heavy (non-hydrogen) atoms. The third kappa shape index (κ3) is 2.71. The van der Waals surface area contributed by atoms with Crippen LogP contribution in [0.2, 0.25) is 0 Å². The molecule has 2 aromatic carbocycles. The lowest BCUT2D eigenvalue weighted by Gasteiger charge is -2.06. The van der Waals surface area contributed by atoms with E-state index in [1.807, 2.05) is 54.6 Å². The van der Waals surface area contributed by atoms with Crippen molar-refractivity contribution < 1.29 is 0 Å². The molecule has 2 rings (SSSR count). The van der Waals surface area contributed by atoms with Crippen LogP contribution < -0.4 is 10.4 Å². The van der Waals surface area contributed by atoms with Crippen LogP contribution in [0.1, 0.15) is 0 Å². The van der Waals surface area contributed by atoms with Gasteiger partial charge in [-0.25, -0.2) is 0 Å². The lowest BCUT2D eigenvalue weighted by molar-refractivity contribution is 1.55. The minimum atomic E-state index is 1.08. The van der Waals surface area contributed by atoms with Crippen molar-refractivity contribution in [3.8, 4) is 0 Å². The minimum Gasteiger partial charge on any atom is -0.369 e. The van der Waals surface area contributed by atoms with Gasteiger partial charge in [0.25, 0.3) is 0 Å². The Bertz CT molecular complexity index is 411. The fraction of sp³-hybridized carbons (Fsp3) is 0. The highest BCUT2D eigenvalue weighted by Crippen LogP contribution is 2.18. The van der Waals surface area contributed by atoms with Crippen molar-refractivity contribution in [1.82, 2.24) is 0 Å². The molecule has 2 nitrogen and oxygen atoms in total. The molecule has 2 N–H and O–H groups in total.